The van der Waals surface area contributed by atoms with Crippen molar-refractivity contribution < 1.29 is 4.39 Å². The van der Waals surface area contributed by atoms with Crippen molar-refractivity contribution in [2.75, 3.05) is 5.73 Å². The second kappa shape index (κ2) is 5.57. The molecule has 1 aromatic rings. The third-order valence-corrected chi connectivity index (χ3v) is 1.80. The Hall–Kier alpha value is -1.05. The summed E-state index contributed by atoms with van der Waals surface area (Å²) in [6.07, 6.45) is 0.845. The Morgan fingerprint density at radius 2 is 1.85 bits per heavy atom. The maximum Gasteiger partial charge on any atom is 0.146 e. The van der Waals surface area contributed by atoms with Crippen LogP contribution in [-0.2, 0) is 6.42 Å². The third kappa shape index (κ3) is 3.05. The van der Waals surface area contributed by atoms with Crippen LogP contribution in [0.3, 0.4) is 0 Å². The highest BCUT2D eigenvalue weighted by Crippen LogP contribution is 2.17. The summed E-state index contributed by atoms with van der Waals surface area (Å²) in [5, 5.41) is 0. The van der Waals surface area contributed by atoms with Crippen LogP contribution in [0, 0.1) is 12.7 Å². The van der Waals surface area contributed by atoms with Crippen molar-refractivity contribution >= 4 is 5.69 Å². The largest absolute Gasteiger partial charge is 0.396 e. The molecular formula is C11H18FN. The van der Waals surface area contributed by atoms with Gasteiger partial charge in [0.05, 0.1) is 5.69 Å². The number of anilines is 1. The van der Waals surface area contributed by atoms with E-state index in [1.54, 1.807) is 0 Å². The summed E-state index contributed by atoms with van der Waals surface area (Å²) < 4.78 is 12.9. The molecule has 0 saturated heterocycles. The molecule has 0 aliphatic carbocycles. The maximum absolute atomic E-state index is 12.9. The lowest BCUT2D eigenvalue weighted by atomic mass is 10.1. The van der Waals surface area contributed by atoms with Gasteiger partial charge in [0.25, 0.3) is 0 Å². The van der Waals surface area contributed by atoms with Gasteiger partial charge in [-0.1, -0.05) is 26.8 Å². The van der Waals surface area contributed by atoms with Crippen LogP contribution in [0.5, 0.6) is 0 Å². The Balaban J connectivity index is 0.000000671. The third-order valence-electron chi connectivity index (χ3n) is 1.80. The van der Waals surface area contributed by atoms with Crippen LogP contribution >= 0.6 is 0 Å². The molecule has 0 atom stereocenters. The lowest BCUT2D eigenvalue weighted by Crippen LogP contribution is -1.96. The zero-order valence-electron chi connectivity index (χ0n) is 8.82. The van der Waals surface area contributed by atoms with E-state index in [0.717, 1.165) is 17.5 Å². The van der Waals surface area contributed by atoms with Crippen LogP contribution in [0.1, 0.15) is 31.9 Å². The van der Waals surface area contributed by atoms with Crippen molar-refractivity contribution in [2.45, 2.75) is 34.1 Å². The molecule has 0 unspecified atom stereocenters. The first-order valence-corrected chi connectivity index (χ1v) is 4.69. The smallest absolute Gasteiger partial charge is 0.146 e. The molecule has 0 radical (unpaired) electrons. The fourth-order valence-electron chi connectivity index (χ4n) is 1.03. The standard InChI is InChI=1S/C9H12FN.C2H6/c1-3-7-4-6(2)9(11)8(10)5-7;1-2/h4-5H,3,11H2,1-2H3;1-2H3. The Labute approximate surface area is 79.8 Å². The molecule has 0 heterocycles. The molecule has 74 valence electrons. The lowest BCUT2D eigenvalue weighted by molar-refractivity contribution is 0.629. The number of rotatable bonds is 1. The number of hydrogen-bond donors (Lipinski definition) is 1. The summed E-state index contributed by atoms with van der Waals surface area (Å²) in [7, 11) is 0. The highest BCUT2D eigenvalue weighted by atomic mass is 19.1. The average Bonchev–Trinajstić information content (AvgIpc) is 2.16. The summed E-state index contributed by atoms with van der Waals surface area (Å²) in [4.78, 5) is 0. The normalized spacial score (nSPS) is 9.00. The van der Waals surface area contributed by atoms with Gasteiger partial charge in [-0.15, -0.1) is 0 Å². The first kappa shape index (κ1) is 11.9. The maximum atomic E-state index is 12.9. The number of nitrogens with two attached hydrogens (primary N) is 1. The van der Waals surface area contributed by atoms with Gasteiger partial charge in [-0.25, -0.2) is 4.39 Å². The number of nitrogen functional groups attached to an aromatic ring is 1. The van der Waals surface area contributed by atoms with Crippen molar-refractivity contribution in [3.05, 3.63) is 29.1 Å². The Morgan fingerprint density at radius 3 is 2.23 bits per heavy atom. The lowest BCUT2D eigenvalue weighted by Gasteiger charge is -2.03. The van der Waals surface area contributed by atoms with Gasteiger partial charge >= 0.3 is 0 Å². The molecule has 0 bridgehead atoms. The van der Waals surface area contributed by atoms with Gasteiger partial charge in [0.1, 0.15) is 5.82 Å². The predicted molar refractivity (Wildman–Crippen MR) is 56.3 cm³/mol. The molecule has 1 aromatic carbocycles. The monoisotopic (exact) mass is 183 g/mol. The van der Waals surface area contributed by atoms with E-state index in [9.17, 15) is 4.39 Å². The fraction of sp³-hybridized carbons (Fsp3) is 0.455. The molecule has 0 spiro atoms. The van der Waals surface area contributed by atoms with E-state index in [-0.39, 0.29) is 11.5 Å². The SMILES string of the molecule is CC.CCc1cc(C)c(N)c(F)c1. The predicted octanol–water partition coefficient (Wildman–Crippen LogP) is 3.30. The van der Waals surface area contributed by atoms with Crippen molar-refractivity contribution in [3.63, 3.8) is 0 Å². The quantitative estimate of drug-likeness (QED) is 0.664. The average molecular weight is 183 g/mol. The molecule has 0 saturated carbocycles. The Bertz CT molecular complexity index is 246. The molecule has 0 aromatic heterocycles. The van der Waals surface area contributed by atoms with Crippen molar-refractivity contribution in [1.82, 2.24) is 0 Å². The Morgan fingerprint density at radius 1 is 1.31 bits per heavy atom. The van der Waals surface area contributed by atoms with Gasteiger partial charge in [0, 0.05) is 0 Å². The summed E-state index contributed by atoms with van der Waals surface area (Å²) >= 11 is 0. The van der Waals surface area contributed by atoms with Gasteiger partial charge in [-0.3, -0.25) is 0 Å². The van der Waals surface area contributed by atoms with Gasteiger partial charge < -0.3 is 5.73 Å². The Kier molecular flexibility index (Phi) is 5.12. The number of aryl methyl sites for hydroxylation is 2. The van der Waals surface area contributed by atoms with Crippen LogP contribution < -0.4 is 5.73 Å². The van der Waals surface area contributed by atoms with E-state index in [2.05, 4.69) is 0 Å². The first-order valence-electron chi connectivity index (χ1n) is 4.69. The number of hydrogen-bond acceptors (Lipinski definition) is 1. The van der Waals surface area contributed by atoms with Crippen LogP contribution in [-0.4, -0.2) is 0 Å². The van der Waals surface area contributed by atoms with Gasteiger partial charge in [-0.2, -0.15) is 0 Å². The molecule has 0 aliphatic heterocycles. The number of halogens is 1. The molecule has 13 heavy (non-hydrogen) atoms. The topological polar surface area (TPSA) is 26.0 Å². The summed E-state index contributed by atoms with van der Waals surface area (Å²) in [6.45, 7) is 7.81. The molecule has 0 amide bonds. The van der Waals surface area contributed by atoms with Gasteiger partial charge in [0.15, 0.2) is 0 Å². The van der Waals surface area contributed by atoms with Gasteiger partial charge in [-0.05, 0) is 30.5 Å². The summed E-state index contributed by atoms with van der Waals surface area (Å²) in [5.74, 6) is -0.304. The van der Waals surface area contributed by atoms with Crippen molar-refractivity contribution in [3.8, 4) is 0 Å². The van der Waals surface area contributed by atoms with Gasteiger partial charge in [0.2, 0.25) is 0 Å². The highest BCUT2D eigenvalue weighted by Gasteiger charge is 2.02. The highest BCUT2D eigenvalue weighted by molar-refractivity contribution is 5.49. The molecular weight excluding hydrogens is 165 g/mol. The van der Waals surface area contributed by atoms with Crippen LogP contribution in [0.2, 0.25) is 0 Å². The molecule has 1 nitrogen and oxygen atoms in total. The van der Waals surface area contributed by atoms with E-state index < -0.39 is 0 Å². The molecule has 1 rings (SSSR count). The van der Waals surface area contributed by atoms with E-state index in [1.165, 1.54) is 6.07 Å². The van der Waals surface area contributed by atoms with E-state index in [1.807, 2.05) is 33.8 Å². The van der Waals surface area contributed by atoms with E-state index in [4.69, 9.17) is 5.73 Å². The van der Waals surface area contributed by atoms with E-state index in [0.29, 0.717) is 0 Å². The second-order valence-electron chi connectivity index (χ2n) is 2.66. The van der Waals surface area contributed by atoms with Crippen molar-refractivity contribution in [2.24, 2.45) is 0 Å². The molecule has 2 heteroatoms. The first-order chi connectivity index (χ1) is 6.15. The zero-order chi connectivity index (χ0) is 10.4. The molecule has 0 fully saturated rings. The molecule has 2 N–H and O–H groups in total. The van der Waals surface area contributed by atoms with Crippen LogP contribution in [0.25, 0.3) is 0 Å². The fourth-order valence-corrected chi connectivity index (χ4v) is 1.03. The minimum Gasteiger partial charge on any atom is -0.396 e. The van der Waals surface area contributed by atoms with Crippen LogP contribution in [0.15, 0.2) is 12.1 Å². The minimum absolute atomic E-state index is 0.266. The van der Waals surface area contributed by atoms with E-state index >= 15 is 0 Å². The summed E-state index contributed by atoms with van der Waals surface area (Å²) in [5.41, 5.74) is 7.51. The van der Waals surface area contributed by atoms with Crippen LogP contribution in [0.4, 0.5) is 10.1 Å². The minimum atomic E-state index is -0.304. The summed E-state index contributed by atoms with van der Waals surface area (Å²) in [6, 6.07) is 3.40. The zero-order valence-corrected chi connectivity index (χ0v) is 8.82. The second-order valence-corrected chi connectivity index (χ2v) is 2.66. The number of benzene rings is 1. The van der Waals surface area contributed by atoms with Crippen molar-refractivity contribution in [1.29, 1.82) is 0 Å². The molecule has 0 aliphatic rings.